The fourth-order valence-electron chi connectivity index (χ4n) is 2.05. The van der Waals surface area contributed by atoms with Crippen molar-refractivity contribution < 1.29 is 8.42 Å². The summed E-state index contributed by atoms with van der Waals surface area (Å²) < 4.78 is 24.6. The summed E-state index contributed by atoms with van der Waals surface area (Å²) in [6, 6.07) is 8.48. The summed E-state index contributed by atoms with van der Waals surface area (Å²) in [6.07, 6.45) is 3.07. The molecular weight excluding hydrogens is 304 g/mol. The molecule has 1 aromatic rings. The molecule has 0 amide bonds. The van der Waals surface area contributed by atoms with Crippen LogP contribution in [-0.2, 0) is 9.84 Å². The lowest BCUT2D eigenvalue weighted by Crippen LogP contribution is -2.36. The van der Waals surface area contributed by atoms with Crippen molar-refractivity contribution in [3.63, 3.8) is 0 Å². The zero-order valence-corrected chi connectivity index (χ0v) is 14.4. The number of benzene rings is 1. The highest BCUT2D eigenvalue weighted by Crippen LogP contribution is 2.14. The lowest BCUT2D eigenvalue weighted by atomic mass is 10.2. The lowest BCUT2D eigenvalue weighted by molar-refractivity contribution is 0.270. The van der Waals surface area contributed by atoms with Crippen molar-refractivity contribution in [2.75, 3.05) is 31.4 Å². The second-order valence-corrected chi connectivity index (χ2v) is 7.97. The molecule has 1 rings (SSSR count). The quantitative estimate of drug-likeness (QED) is 0.734. The highest BCUT2D eigenvalue weighted by atomic mass is 32.2. The number of rotatable bonds is 8. The molecule has 0 bridgehead atoms. The van der Waals surface area contributed by atoms with E-state index in [4.69, 9.17) is 5.26 Å². The van der Waals surface area contributed by atoms with Gasteiger partial charge >= 0.3 is 0 Å². The van der Waals surface area contributed by atoms with E-state index in [2.05, 4.69) is 18.1 Å². The van der Waals surface area contributed by atoms with Gasteiger partial charge in [-0.15, -0.1) is 0 Å². The van der Waals surface area contributed by atoms with Gasteiger partial charge in [0.15, 0.2) is 9.84 Å². The Morgan fingerprint density at radius 1 is 1.33 bits per heavy atom. The van der Waals surface area contributed by atoms with Crippen LogP contribution < -0.4 is 0 Å². The molecule has 0 aliphatic carbocycles. The molecule has 21 heavy (non-hydrogen) atoms. The monoisotopic (exact) mass is 326 g/mol. The van der Waals surface area contributed by atoms with Crippen molar-refractivity contribution in [1.29, 1.82) is 5.26 Å². The maximum atomic E-state index is 12.3. The zero-order chi connectivity index (χ0) is 15.9. The van der Waals surface area contributed by atoms with Crippen molar-refractivity contribution in [1.82, 2.24) is 4.90 Å². The van der Waals surface area contributed by atoms with Crippen LogP contribution in [0.2, 0.25) is 0 Å². The van der Waals surface area contributed by atoms with Crippen molar-refractivity contribution in [2.24, 2.45) is 0 Å². The molecule has 0 heterocycles. The van der Waals surface area contributed by atoms with Crippen LogP contribution in [0.5, 0.6) is 0 Å². The van der Waals surface area contributed by atoms with Gasteiger partial charge in [-0.25, -0.2) is 8.42 Å². The second kappa shape index (κ2) is 8.42. The Morgan fingerprint density at radius 2 is 1.95 bits per heavy atom. The highest BCUT2D eigenvalue weighted by molar-refractivity contribution is 7.98. The summed E-state index contributed by atoms with van der Waals surface area (Å²) in [5.74, 6) is 1.10. The molecule has 0 spiro atoms. The van der Waals surface area contributed by atoms with Gasteiger partial charge in [0.1, 0.15) is 0 Å². The minimum atomic E-state index is -3.29. The third kappa shape index (κ3) is 5.34. The second-order valence-electron chi connectivity index (χ2n) is 4.95. The van der Waals surface area contributed by atoms with Gasteiger partial charge < -0.3 is 4.90 Å². The van der Waals surface area contributed by atoms with Crippen LogP contribution >= 0.6 is 11.8 Å². The van der Waals surface area contributed by atoms with Crippen LogP contribution in [0, 0.1) is 11.3 Å². The molecule has 0 aromatic heterocycles. The molecule has 0 aliphatic rings. The predicted molar refractivity (Wildman–Crippen MR) is 88.3 cm³/mol. The molecule has 0 fully saturated rings. The van der Waals surface area contributed by atoms with Gasteiger partial charge in [-0.1, -0.05) is 6.92 Å². The van der Waals surface area contributed by atoms with E-state index in [0.717, 1.165) is 12.2 Å². The van der Waals surface area contributed by atoms with Crippen molar-refractivity contribution in [2.45, 2.75) is 24.3 Å². The van der Waals surface area contributed by atoms with Gasteiger partial charge in [0.05, 0.1) is 22.3 Å². The SMILES string of the molecule is CCC(CSC)N(C)CCS(=O)(=O)c1ccc(C#N)cc1. The van der Waals surface area contributed by atoms with Gasteiger partial charge in [0.2, 0.25) is 0 Å². The van der Waals surface area contributed by atoms with E-state index in [9.17, 15) is 8.42 Å². The van der Waals surface area contributed by atoms with Gasteiger partial charge in [-0.2, -0.15) is 17.0 Å². The van der Waals surface area contributed by atoms with Gasteiger partial charge in [0.25, 0.3) is 0 Å². The number of hydrogen-bond donors (Lipinski definition) is 0. The molecule has 0 saturated heterocycles. The van der Waals surface area contributed by atoms with E-state index >= 15 is 0 Å². The molecule has 0 saturated carbocycles. The predicted octanol–water partition coefficient (Wildman–Crippen LogP) is 2.41. The molecule has 0 aliphatic heterocycles. The maximum Gasteiger partial charge on any atom is 0.179 e. The van der Waals surface area contributed by atoms with Gasteiger partial charge in [-0.05, 0) is 44.0 Å². The number of nitriles is 1. The third-order valence-corrected chi connectivity index (χ3v) is 5.94. The molecule has 1 atom stereocenters. The Kier molecular flexibility index (Phi) is 7.23. The summed E-state index contributed by atoms with van der Waals surface area (Å²) in [4.78, 5) is 2.39. The zero-order valence-electron chi connectivity index (χ0n) is 12.7. The first-order valence-electron chi connectivity index (χ1n) is 6.86. The van der Waals surface area contributed by atoms with Crippen molar-refractivity contribution >= 4 is 21.6 Å². The van der Waals surface area contributed by atoms with Crippen LogP contribution in [0.3, 0.4) is 0 Å². The average molecular weight is 326 g/mol. The third-order valence-electron chi connectivity index (χ3n) is 3.51. The van der Waals surface area contributed by atoms with E-state index in [1.807, 2.05) is 13.1 Å². The van der Waals surface area contributed by atoms with Crippen molar-refractivity contribution in [3.8, 4) is 6.07 Å². The molecule has 116 valence electrons. The molecule has 0 radical (unpaired) electrons. The van der Waals surface area contributed by atoms with E-state index in [1.165, 1.54) is 12.1 Å². The first-order chi connectivity index (χ1) is 9.94. The minimum absolute atomic E-state index is 0.0975. The lowest BCUT2D eigenvalue weighted by Gasteiger charge is -2.26. The normalized spacial score (nSPS) is 13.1. The highest BCUT2D eigenvalue weighted by Gasteiger charge is 2.18. The average Bonchev–Trinajstić information content (AvgIpc) is 2.50. The van der Waals surface area contributed by atoms with E-state index < -0.39 is 9.84 Å². The Labute approximate surface area is 132 Å². The van der Waals surface area contributed by atoms with Crippen LogP contribution in [0.25, 0.3) is 0 Å². The number of hydrogen-bond acceptors (Lipinski definition) is 5. The Hall–Kier alpha value is -1.03. The van der Waals surface area contributed by atoms with Crippen LogP contribution in [0.15, 0.2) is 29.2 Å². The molecule has 6 heteroatoms. The largest absolute Gasteiger partial charge is 0.302 e. The van der Waals surface area contributed by atoms with Gasteiger partial charge in [0, 0.05) is 18.3 Å². The summed E-state index contributed by atoms with van der Waals surface area (Å²) >= 11 is 1.77. The van der Waals surface area contributed by atoms with Crippen molar-refractivity contribution in [3.05, 3.63) is 29.8 Å². The standard InChI is InChI=1S/C15H22N2O2S2/c1-4-14(12-20-3)17(2)9-10-21(18,19)15-7-5-13(11-16)6-8-15/h5-8,14H,4,9-10,12H2,1-3H3. The molecule has 1 unspecified atom stereocenters. The molecule has 0 N–H and O–H groups in total. The molecule has 1 aromatic carbocycles. The van der Waals surface area contributed by atoms with E-state index in [0.29, 0.717) is 18.2 Å². The van der Waals surface area contributed by atoms with Crippen LogP contribution in [-0.4, -0.2) is 50.7 Å². The summed E-state index contributed by atoms with van der Waals surface area (Å²) in [5.41, 5.74) is 0.470. The summed E-state index contributed by atoms with van der Waals surface area (Å²) in [7, 11) is -1.32. The Morgan fingerprint density at radius 3 is 2.43 bits per heavy atom. The van der Waals surface area contributed by atoms with Crippen LogP contribution in [0.1, 0.15) is 18.9 Å². The first kappa shape index (κ1) is 18.0. The number of nitrogens with zero attached hydrogens (tertiary/aromatic N) is 2. The van der Waals surface area contributed by atoms with Crippen LogP contribution in [0.4, 0.5) is 0 Å². The van der Waals surface area contributed by atoms with E-state index in [-0.39, 0.29) is 10.6 Å². The van der Waals surface area contributed by atoms with E-state index in [1.54, 1.807) is 23.9 Å². The summed E-state index contributed by atoms with van der Waals surface area (Å²) in [6.45, 7) is 2.63. The first-order valence-corrected chi connectivity index (χ1v) is 9.91. The topological polar surface area (TPSA) is 61.2 Å². The number of sulfone groups is 1. The molecular formula is C15H22N2O2S2. The maximum absolute atomic E-state index is 12.3. The summed E-state index contributed by atoms with van der Waals surface area (Å²) in [5, 5.41) is 8.74. The van der Waals surface area contributed by atoms with Gasteiger partial charge in [-0.3, -0.25) is 0 Å². The Bertz CT molecular complexity index is 577. The molecule has 4 nitrogen and oxygen atoms in total. The fourth-order valence-corrected chi connectivity index (χ4v) is 4.24. The minimum Gasteiger partial charge on any atom is -0.302 e. The fraction of sp³-hybridized carbons (Fsp3) is 0.533. The number of thioether (sulfide) groups is 1. The smallest absolute Gasteiger partial charge is 0.179 e. The Balaban J connectivity index is 2.70.